The summed E-state index contributed by atoms with van der Waals surface area (Å²) in [5, 5.41) is 0. The first kappa shape index (κ1) is 22.6. The van der Waals surface area contributed by atoms with Gasteiger partial charge in [0.15, 0.2) is 0 Å². The van der Waals surface area contributed by atoms with E-state index < -0.39 is 0 Å². The van der Waals surface area contributed by atoms with Crippen molar-refractivity contribution in [3.63, 3.8) is 0 Å². The molecule has 0 N–H and O–H groups in total. The summed E-state index contributed by atoms with van der Waals surface area (Å²) < 4.78 is 0. The largest absolute Gasteiger partial charge is 4.00 e. The molecule has 92 valence electrons. The van der Waals surface area contributed by atoms with Crippen molar-refractivity contribution < 1.29 is 51.0 Å². The first-order valence-electron chi connectivity index (χ1n) is 5.37. The van der Waals surface area contributed by atoms with Gasteiger partial charge in [-0.3, -0.25) is 12.2 Å². The molecule has 3 heteroatoms. The minimum absolute atomic E-state index is 0. The van der Waals surface area contributed by atoms with Crippen LogP contribution in [0.2, 0.25) is 0 Å². The fourth-order valence-corrected chi connectivity index (χ4v) is 1.56. The van der Waals surface area contributed by atoms with Crippen LogP contribution in [0.25, 0.3) is 0 Å². The van der Waals surface area contributed by atoms with Crippen LogP contribution in [0, 0.1) is 12.2 Å². The third kappa shape index (κ3) is 9.06. The van der Waals surface area contributed by atoms with Gasteiger partial charge >= 0.3 is 26.2 Å². The monoisotopic (exact) mass is 346 g/mol. The third-order valence-corrected chi connectivity index (χ3v) is 2.44. The molecule has 0 aromatic rings. The summed E-state index contributed by atoms with van der Waals surface area (Å²) in [4.78, 5) is 0. The fraction of sp³-hybridized carbons (Fsp3) is 0.429. The van der Waals surface area contributed by atoms with Crippen molar-refractivity contribution in [2.75, 3.05) is 0 Å². The Bertz CT molecular complexity index is 279. The van der Waals surface area contributed by atoms with Crippen molar-refractivity contribution in [1.29, 1.82) is 0 Å². The van der Waals surface area contributed by atoms with Gasteiger partial charge in [-0.05, 0) is 0 Å². The Labute approximate surface area is 137 Å². The van der Waals surface area contributed by atoms with E-state index in [2.05, 4.69) is 38.2 Å². The molecule has 0 aliphatic heterocycles. The smallest absolute Gasteiger partial charge is 1.00 e. The van der Waals surface area contributed by atoms with Crippen LogP contribution in [0.5, 0.6) is 0 Å². The summed E-state index contributed by atoms with van der Waals surface area (Å²) in [6, 6.07) is 0. The third-order valence-electron chi connectivity index (χ3n) is 2.44. The first-order valence-corrected chi connectivity index (χ1v) is 5.37. The second kappa shape index (κ2) is 14.5. The standard InChI is InChI=1S/C9H13.C5H5.2ClH.Zr/c1-3-8-6-5-7-9(8)4-2;1-2-4-5-3-1;;;/h6H,3-4,7H2,1-2H3;1-3H,4H2;2*1H;/q2*-1;;;+4/p-2. The summed E-state index contributed by atoms with van der Waals surface area (Å²) >= 11 is 0. The molecule has 0 aromatic carbocycles. The van der Waals surface area contributed by atoms with E-state index in [1.165, 1.54) is 18.4 Å². The molecule has 0 nitrogen and oxygen atoms in total. The Morgan fingerprint density at radius 1 is 1.12 bits per heavy atom. The van der Waals surface area contributed by atoms with Gasteiger partial charge < -0.3 is 24.8 Å². The maximum Gasteiger partial charge on any atom is 4.00 e. The molecule has 0 atom stereocenters. The van der Waals surface area contributed by atoms with E-state index in [0.717, 1.165) is 12.8 Å². The molecule has 0 spiro atoms. The zero-order chi connectivity index (χ0) is 10.2. The van der Waals surface area contributed by atoms with Crippen LogP contribution in [-0.4, -0.2) is 0 Å². The van der Waals surface area contributed by atoms with Crippen LogP contribution in [0.15, 0.2) is 35.5 Å². The number of rotatable bonds is 2. The quantitative estimate of drug-likeness (QED) is 0.516. The molecule has 2 rings (SSSR count). The van der Waals surface area contributed by atoms with Crippen molar-refractivity contribution in [3.8, 4) is 0 Å². The fourth-order valence-electron chi connectivity index (χ4n) is 1.56. The molecule has 0 aromatic heterocycles. The molecule has 0 amide bonds. The Balaban J connectivity index is -0.000000216. The van der Waals surface area contributed by atoms with Gasteiger partial charge in [0.2, 0.25) is 0 Å². The molecule has 0 radical (unpaired) electrons. The summed E-state index contributed by atoms with van der Waals surface area (Å²) in [5.41, 5.74) is 3.09. The van der Waals surface area contributed by atoms with E-state index in [0.29, 0.717) is 0 Å². The van der Waals surface area contributed by atoms with Gasteiger partial charge in [-0.15, -0.1) is 12.8 Å². The summed E-state index contributed by atoms with van der Waals surface area (Å²) in [7, 11) is 0. The Kier molecular flexibility index (Phi) is 19.2. The maximum absolute atomic E-state index is 3.23. The Hall–Kier alpha value is 0.423. The second-order valence-electron chi connectivity index (χ2n) is 3.36. The van der Waals surface area contributed by atoms with Crippen LogP contribution >= 0.6 is 0 Å². The molecule has 0 bridgehead atoms. The molecule has 0 heterocycles. The van der Waals surface area contributed by atoms with Crippen molar-refractivity contribution >= 4 is 0 Å². The van der Waals surface area contributed by atoms with Crippen LogP contribution in [-0.2, 0) is 26.2 Å². The van der Waals surface area contributed by atoms with Gasteiger partial charge in [0.05, 0.1) is 0 Å². The molecule has 0 unspecified atom stereocenters. The normalized spacial score (nSPS) is 14.5. The van der Waals surface area contributed by atoms with Gasteiger partial charge in [0, 0.05) is 0 Å². The molecule has 2 aliphatic rings. The summed E-state index contributed by atoms with van der Waals surface area (Å²) in [6.45, 7) is 4.42. The van der Waals surface area contributed by atoms with E-state index in [1.807, 2.05) is 12.2 Å². The van der Waals surface area contributed by atoms with Crippen molar-refractivity contribution in [2.45, 2.75) is 39.5 Å². The average molecular weight is 348 g/mol. The van der Waals surface area contributed by atoms with Gasteiger partial charge in [0.25, 0.3) is 0 Å². The zero-order valence-electron chi connectivity index (χ0n) is 10.4. The van der Waals surface area contributed by atoms with E-state index >= 15 is 0 Å². The van der Waals surface area contributed by atoms with Gasteiger partial charge in [0.1, 0.15) is 0 Å². The first-order chi connectivity index (χ1) is 6.88. The summed E-state index contributed by atoms with van der Waals surface area (Å²) in [6.07, 6.45) is 18.8. The number of hydrogen-bond acceptors (Lipinski definition) is 0. The molecule has 17 heavy (non-hydrogen) atoms. The molecular formula is C14H18Cl2Zr. The molecule has 0 fully saturated rings. The minimum atomic E-state index is 0. The van der Waals surface area contributed by atoms with Crippen LogP contribution in [0.1, 0.15) is 39.5 Å². The Morgan fingerprint density at radius 3 is 2.12 bits per heavy atom. The number of hydrogen-bond donors (Lipinski definition) is 0. The van der Waals surface area contributed by atoms with Crippen LogP contribution in [0.3, 0.4) is 0 Å². The minimum Gasteiger partial charge on any atom is -1.00 e. The second-order valence-corrected chi connectivity index (χ2v) is 3.36. The van der Waals surface area contributed by atoms with E-state index in [9.17, 15) is 0 Å². The molecule has 0 saturated heterocycles. The maximum atomic E-state index is 3.23. The molecule has 2 aliphatic carbocycles. The number of allylic oxidation sites excluding steroid dienone is 8. The summed E-state index contributed by atoms with van der Waals surface area (Å²) in [5.74, 6) is 0. The van der Waals surface area contributed by atoms with Crippen molar-refractivity contribution in [2.24, 2.45) is 0 Å². The van der Waals surface area contributed by atoms with Crippen molar-refractivity contribution in [1.82, 2.24) is 0 Å². The number of halogens is 2. The van der Waals surface area contributed by atoms with Gasteiger partial charge in [-0.2, -0.15) is 17.2 Å². The predicted molar refractivity (Wildman–Crippen MR) is 61.6 cm³/mol. The van der Waals surface area contributed by atoms with Crippen LogP contribution < -0.4 is 24.8 Å². The zero-order valence-corrected chi connectivity index (χ0v) is 14.4. The van der Waals surface area contributed by atoms with Gasteiger partial charge in [-0.1, -0.05) is 26.7 Å². The average Bonchev–Trinajstić information content (AvgIpc) is 2.91. The van der Waals surface area contributed by atoms with Crippen LogP contribution in [0.4, 0.5) is 0 Å². The Morgan fingerprint density at radius 2 is 1.82 bits per heavy atom. The molecule has 0 saturated carbocycles. The van der Waals surface area contributed by atoms with E-state index in [4.69, 9.17) is 0 Å². The van der Waals surface area contributed by atoms with E-state index in [-0.39, 0.29) is 51.0 Å². The van der Waals surface area contributed by atoms with Crippen molar-refractivity contribution in [3.05, 3.63) is 47.6 Å². The molecular weight excluding hydrogens is 330 g/mol. The SMILES string of the molecule is CCC1=C(CC)C[C-]=C1.[C-]1=CC=CC1.[Cl-].[Cl-].[Zr+4]. The van der Waals surface area contributed by atoms with E-state index in [1.54, 1.807) is 5.57 Å². The predicted octanol–water partition coefficient (Wildman–Crippen LogP) is -1.82. The topological polar surface area (TPSA) is 0 Å². The van der Waals surface area contributed by atoms with Gasteiger partial charge in [-0.25, -0.2) is 18.2 Å².